The van der Waals surface area contributed by atoms with Crippen molar-refractivity contribution in [3.8, 4) is 0 Å². The molecular weight excluding hydrogens is 168 g/mol. The molecule has 0 amide bonds. The van der Waals surface area contributed by atoms with Gasteiger partial charge in [-0.2, -0.15) is 0 Å². The maximum absolute atomic E-state index is 5.02. The quantitative estimate of drug-likeness (QED) is 0.338. The van der Waals surface area contributed by atoms with Crippen LogP contribution in [-0.2, 0) is 8.23 Å². The van der Waals surface area contributed by atoms with Crippen LogP contribution in [0.25, 0.3) is 0 Å². The lowest BCUT2D eigenvalue weighted by Crippen LogP contribution is -2.08. The van der Waals surface area contributed by atoms with Gasteiger partial charge in [0, 0.05) is 0 Å². The van der Waals surface area contributed by atoms with Gasteiger partial charge in [-0.3, -0.25) is 0 Å². The molecule has 52 valence electrons. The van der Waals surface area contributed by atoms with Gasteiger partial charge in [-0.15, -0.1) is 0 Å². The Morgan fingerprint density at radius 3 is 1.38 bits per heavy atom. The van der Waals surface area contributed by atoms with Crippen molar-refractivity contribution in [1.82, 2.24) is 0 Å². The Morgan fingerprint density at radius 1 is 1.00 bits per heavy atom. The molecule has 0 atom stereocenters. The van der Waals surface area contributed by atoms with E-state index in [1.165, 1.54) is 0 Å². The van der Waals surface area contributed by atoms with E-state index in [4.69, 9.17) is 8.23 Å². The first-order chi connectivity index (χ1) is 3.91. The predicted octanol–water partition coefficient (Wildman–Crippen LogP) is -3.31. The molecule has 0 aromatic rings. The van der Waals surface area contributed by atoms with E-state index in [1.54, 1.807) is 0 Å². The Labute approximate surface area is 62.1 Å². The smallest absolute Gasteiger partial charge is 0.157 e. The molecule has 0 bridgehead atoms. The molecule has 0 aliphatic carbocycles. The molecule has 0 aliphatic rings. The average Bonchev–Trinajstić information content (AvgIpc) is 1.88. The van der Waals surface area contributed by atoms with Crippen LogP contribution in [0.4, 0.5) is 0 Å². The molecule has 0 aliphatic heterocycles. The van der Waals surface area contributed by atoms with Crippen LogP contribution >= 0.6 is 0 Å². The van der Waals surface area contributed by atoms with Crippen molar-refractivity contribution in [2.24, 2.45) is 0 Å². The molecule has 0 heterocycles. The number of hydrogen-bond acceptors (Lipinski definition) is 2. The highest BCUT2D eigenvalue weighted by Crippen LogP contribution is 1.54. The summed E-state index contributed by atoms with van der Waals surface area (Å²) in [4.78, 5) is 0. The molecule has 0 aromatic heterocycles. The SMILES string of the molecule is CC.[SiH3]O[SiH2][SiH2]O[SiH3]. The Balaban J connectivity index is 0. The normalized spacial score (nSPS) is 11.2. The third-order valence-electron chi connectivity index (χ3n) is 0.492. The second-order valence-corrected chi connectivity index (χ2v) is 8.87. The van der Waals surface area contributed by atoms with Gasteiger partial charge in [0.15, 0.2) is 18.6 Å². The largest absolute Gasteiger partial charge is 0.468 e. The molecular formula is C2H16O2Si4. The molecule has 0 N–H and O–H groups in total. The Kier molecular flexibility index (Phi) is 22.6. The van der Waals surface area contributed by atoms with Crippen molar-refractivity contribution in [1.29, 1.82) is 0 Å². The highest BCUT2D eigenvalue weighted by molar-refractivity contribution is 6.95. The Bertz CT molecular complexity index is 24.0. The maximum Gasteiger partial charge on any atom is 0.157 e. The third kappa shape index (κ3) is 15.8. The second-order valence-electron chi connectivity index (χ2n) is 0.986. The fourth-order valence-electron chi connectivity index (χ4n) is 0.167. The van der Waals surface area contributed by atoms with Crippen LogP contribution < -0.4 is 0 Å². The summed E-state index contributed by atoms with van der Waals surface area (Å²) in [6, 6.07) is 0. The molecule has 0 spiro atoms. The fourth-order valence-corrected chi connectivity index (χ4v) is 4.50. The number of rotatable bonds is 3. The average molecular weight is 184 g/mol. The molecule has 0 saturated heterocycles. The first kappa shape index (κ1) is 11.6. The molecule has 6 heteroatoms. The topological polar surface area (TPSA) is 18.5 Å². The molecule has 0 saturated carbocycles. The van der Waals surface area contributed by atoms with Crippen molar-refractivity contribution in [2.45, 2.75) is 13.8 Å². The Hall–Kier alpha value is 0.788. The van der Waals surface area contributed by atoms with Gasteiger partial charge >= 0.3 is 0 Å². The van der Waals surface area contributed by atoms with Gasteiger partial charge in [0.25, 0.3) is 0 Å². The summed E-state index contributed by atoms with van der Waals surface area (Å²) < 4.78 is 10.0. The highest BCUT2D eigenvalue weighted by atomic mass is 29.2. The minimum atomic E-state index is -0.0652. The molecule has 0 rings (SSSR count). The third-order valence-corrected chi connectivity index (χ3v) is 11.8. The summed E-state index contributed by atoms with van der Waals surface area (Å²) in [5.74, 6) is 0. The van der Waals surface area contributed by atoms with E-state index < -0.39 is 0 Å². The van der Waals surface area contributed by atoms with E-state index in [0.29, 0.717) is 0 Å². The zero-order valence-electron chi connectivity index (χ0n) is 6.23. The fraction of sp³-hybridized carbons (Fsp3) is 1.00. The van der Waals surface area contributed by atoms with E-state index in [2.05, 4.69) is 0 Å². The number of hydrogen-bond donors (Lipinski definition) is 0. The van der Waals surface area contributed by atoms with E-state index >= 15 is 0 Å². The van der Waals surface area contributed by atoms with Gasteiger partial charge in [0.2, 0.25) is 0 Å². The molecule has 2 nitrogen and oxygen atoms in total. The van der Waals surface area contributed by atoms with Crippen LogP contribution in [0.5, 0.6) is 0 Å². The van der Waals surface area contributed by atoms with Gasteiger partial charge in [0.05, 0.1) is 0 Å². The predicted molar refractivity (Wildman–Crippen MR) is 50.5 cm³/mol. The summed E-state index contributed by atoms with van der Waals surface area (Å²) in [5, 5.41) is 0. The lowest BCUT2D eigenvalue weighted by molar-refractivity contribution is 0.646. The summed E-state index contributed by atoms with van der Waals surface area (Å²) >= 11 is 0. The van der Waals surface area contributed by atoms with Crippen LogP contribution in [0.3, 0.4) is 0 Å². The summed E-state index contributed by atoms with van der Waals surface area (Å²) in [7, 11) is 1.74. The van der Waals surface area contributed by atoms with Crippen LogP contribution in [0, 0.1) is 0 Å². The first-order valence-electron chi connectivity index (χ1n) is 2.89. The van der Waals surface area contributed by atoms with E-state index in [9.17, 15) is 0 Å². The minimum Gasteiger partial charge on any atom is -0.468 e. The minimum absolute atomic E-state index is 0.0652. The van der Waals surface area contributed by atoms with Crippen LogP contribution in [-0.4, -0.2) is 39.5 Å². The molecule has 0 fully saturated rings. The monoisotopic (exact) mass is 184 g/mol. The van der Waals surface area contributed by atoms with Crippen molar-refractivity contribution in [3.05, 3.63) is 0 Å². The molecule has 8 heavy (non-hydrogen) atoms. The highest BCUT2D eigenvalue weighted by Gasteiger charge is 1.77. The van der Waals surface area contributed by atoms with Gasteiger partial charge in [0.1, 0.15) is 21.0 Å². The first-order valence-corrected chi connectivity index (χ1v) is 9.68. The zero-order valence-corrected chi connectivity index (χ0v) is 13.1. The van der Waals surface area contributed by atoms with Gasteiger partial charge in [-0.05, 0) is 0 Å². The Morgan fingerprint density at radius 2 is 1.25 bits per heavy atom. The van der Waals surface area contributed by atoms with E-state index in [-0.39, 0.29) is 18.6 Å². The zero-order chi connectivity index (χ0) is 6.83. The van der Waals surface area contributed by atoms with Crippen LogP contribution in [0.2, 0.25) is 0 Å². The van der Waals surface area contributed by atoms with Crippen molar-refractivity contribution in [3.63, 3.8) is 0 Å². The summed E-state index contributed by atoms with van der Waals surface area (Å²) in [6.07, 6.45) is 0. The second kappa shape index (κ2) is 15.7. The van der Waals surface area contributed by atoms with Crippen molar-refractivity contribution in [2.75, 3.05) is 0 Å². The lowest BCUT2D eigenvalue weighted by Gasteiger charge is -1.90. The van der Waals surface area contributed by atoms with E-state index in [0.717, 1.165) is 21.0 Å². The van der Waals surface area contributed by atoms with Crippen LogP contribution in [0.1, 0.15) is 13.8 Å². The van der Waals surface area contributed by atoms with Gasteiger partial charge in [-0.1, -0.05) is 13.8 Å². The van der Waals surface area contributed by atoms with Crippen molar-refractivity contribution >= 4 is 39.5 Å². The van der Waals surface area contributed by atoms with Gasteiger partial charge < -0.3 is 8.23 Å². The summed E-state index contributed by atoms with van der Waals surface area (Å²) in [6.45, 7) is 4.00. The summed E-state index contributed by atoms with van der Waals surface area (Å²) in [5.41, 5.74) is 0. The van der Waals surface area contributed by atoms with Gasteiger partial charge in [-0.25, -0.2) is 0 Å². The molecule has 0 radical (unpaired) electrons. The van der Waals surface area contributed by atoms with Crippen molar-refractivity contribution < 1.29 is 8.23 Å². The molecule has 0 aromatic carbocycles. The van der Waals surface area contributed by atoms with Crippen LogP contribution in [0.15, 0.2) is 0 Å². The maximum atomic E-state index is 5.02. The standard InChI is InChI=1S/C2H6.H10O2Si4/c1-2;3-1-5-6-2-4/h1-2H3;5-6H2,3-4H3. The lowest BCUT2D eigenvalue weighted by atomic mass is 11.0. The van der Waals surface area contributed by atoms with E-state index in [1.807, 2.05) is 13.8 Å². The molecule has 0 unspecified atom stereocenters.